The van der Waals surface area contributed by atoms with Crippen LogP contribution in [0, 0.1) is 0 Å². The van der Waals surface area contributed by atoms with Crippen molar-refractivity contribution in [2.75, 3.05) is 12.3 Å². The summed E-state index contributed by atoms with van der Waals surface area (Å²) in [6.45, 7) is 0.961. The van der Waals surface area contributed by atoms with Crippen molar-refractivity contribution in [3.05, 3.63) is 16.8 Å². The number of hydrogen-bond donors (Lipinski definition) is 3. The third-order valence-corrected chi connectivity index (χ3v) is 2.81. The van der Waals surface area contributed by atoms with E-state index in [4.69, 9.17) is 15.2 Å². The Bertz CT molecular complexity index is 561. The van der Waals surface area contributed by atoms with E-state index >= 15 is 0 Å². The predicted octanol–water partition coefficient (Wildman–Crippen LogP) is -2.60. The SMILES string of the molecule is CC(=O)OC[C@H]1O[C@@H](n2cnc(N)nc2=O)[C@@H](O)C1O. The number of aliphatic hydroxyl groups is 2. The van der Waals surface area contributed by atoms with Crippen LogP contribution in [0.1, 0.15) is 13.2 Å². The monoisotopic (exact) mass is 286 g/mol. The molecule has 0 aromatic carbocycles. The number of anilines is 1. The topological polar surface area (TPSA) is 150 Å². The highest BCUT2D eigenvalue weighted by Gasteiger charge is 2.44. The summed E-state index contributed by atoms with van der Waals surface area (Å²) < 4.78 is 10.9. The number of ether oxygens (including phenoxy) is 2. The van der Waals surface area contributed by atoms with E-state index in [1.807, 2.05) is 0 Å². The maximum absolute atomic E-state index is 11.6. The minimum Gasteiger partial charge on any atom is -0.463 e. The number of aromatic nitrogens is 3. The maximum atomic E-state index is 11.6. The Kier molecular flexibility index (Phi) is 3.97. The molecule has 2 heterocycles. The Balaban J connectivity index is 2.17. The lowest BCUT2D eigenvalue weighted by molar-refractivity contribution is -0.147. The first kappa shape index (κ1) is 14.4. The predicted molar refractivity (Wildman–Crippen MR) is 63.3 cm³/mol. The van der Waals surface area contributed by atoms with E-state index in [1.54, 1.807) is 0 Å². The molecule has 4 atom stereocenters. The van der Waals surface area contributed by atoms with Crippen molar-refractivity contribution in [2.45, 2.75) is 31.5 Å². The van der Waals surface area contributed by atoms with Gasteiger partial charge in [0.1, 0.15) is 31.2 Å². The molecule has 110 valence electrons. The summed E-state index contributed by atoms with van der Waals surface area (Å²) in [4.78, 5) is 29.4. The molecule has 10 nitrogen and oxygen atoms in total. The minimum absolute atomic E-state index is 0.212. The molecule has 0 saturated carbocycles. The molecule has 0 aliphatic carbocycles. The third kappa shape index (κ3) is 2.76. The van der Waals surface area contributed by atoms with Crippen LogP contribution < -0.4 is 11.4 Å². The Labute approximate surface area is 112 Å². The standard InChI is InChI=1S/C10H14N4O6/c1-4(15)19-2-5-6(16)7(17)8(20-5)14-3-12-9(11)13-10(14)18/h3,5-8,16-17H,2H2,1H3,(H2,11,13,18)/t5-,6?,7+,8-/m1/s1. The molecule has 0 spiro atoms. The molecule has 1 aliphatic heterocycles. The highest BCUT2D eigenvalue weighted by molar-refractivity contribution is 5.65. The summed E-state index contributed by atoms with van der Waals surface area (Å²) in [5, 5.41) is 19.7. The van der Waals surface area contributed by atoms with Gasteiger partial charge in [-0.25, -0.2) is 9.78 Å². The van der Waals surface area contributed by atoms with E-state index in [-0.39, 0.29) is 12.6 Å². The number of nitrogens with zero attached hydrogens (tertiary/aromatic N) is 3. The van der Waals surface area contributed by atoms with Crippen molar-refractivity contribution in [3.63, 3.8) is 0 Å². The van der Waals surface area contributed by atoms with Gasteiger partial charge in [-0.15, -0.1) is 0 Å². The van der Waals surface area contributed by atoms with Crippen molar-refractivity contribution in [2.24, 2.45) is 0 Å². The van der Waals surface area contributed by atoms with E-state index < -0.39 is 36.2 Å². The molecular weight excluding hydrogens is 272 g/mol. The number of esters is 1. The quantitative estimate of drug-likeness (QED) is 0.508. The van der Waals surface area contributed by atoms with Gasteiger partial charge in [-0.2, -0.15) is 4.98 Å². The molecular formula is C10H14N4O6. The summed E-state index contributed by atoms with van der Waals surface area (Å²) in [6, 6.07) is 0. The molecule has 0 amide bonds. The van der Waals surface area contributed by atoms with Crippen molar-refractivity contribution in [3.8, 4) is 0 Å². The third-order valence-electron chi connectivity index (χ3n) is 2.81. The molecule has 1 fully saturated rings. The Morgan fingerprint density at radius 3 is 2.85 bits per heavy atom. The number of carbonyl (C=O) groups is 1. The molecule has 10 heteroatoms. The van der Waals surface area contributed by atoms with Crippen LogP contribution in [-0.4, -0.2) is 55.6 Å². The lowest BCUT2D eigenvalue weighted by Gasteiger charge is -2.16. The molecule has 0 bridgehead atoms. The highest BCUT2D eigenvalue weighted by atomic mass is 16.6. The second-order valence-electron chi connectivity index (χ2n) is 4.25. The Morgan fingerprint density at radius 2 is 2.25 bits per heavy atom. The van der Waals surface area contributed by atoms with E-state index in [2.05, 4.69) is 9.97 Å². The summed E-state index contributed by atoms with van der Waals surface area (Å²) in [6.07, 6.45) is -3.79. The van der Waals surface area contributed by atoms with Crippen LogP contribution in [0.5, 0.6) is 0 Å². The van der Waals surface area contributed by atoms with Crippen LogP contribution in [0.25, 0.3) is 0 Å². The van der Waals surface area contributed by atoms with Gasteiger partial charge in [0.15, 0.2) is 6.23 Å². The van der Waals surface area contributed by atoms with E-state index in [9.17, 15) is 19.8 Å². The minimum atomic E-state index is -1.39. The first-order valence-electron chi connectivity index (χ1n) is 5.75. The molecule has 1 aliphatic rings. The second kappa shape index (κ2) is 5.53. The number of rotatable bonds is 3. The van der Waals surface area contributed by atoms with Crippen LogP contribution >= 0.6 is 0 Å². The fourth-order valence-corrected chi connectivity index (χ4v) is 1.83. The van der Waals surface area contributed by atoms with Crippen LogP contribution in [0.3, 0.4) is 0 Å². The van der Waals surface area contributed by atoms with Crippen molar-refractivity contribution < 1.29 is 24.5 Å². The first-order valence-corrected chi connectivity index (χ1v) is 5.75. The van der Waals surface area contributed by atoms with Gasteiger partial charge in [-0.05, 0) is 0 Å². The second-order valence-corrected chi connectivity index (χ2v) is 4.25. The van der Waals surface area contributed by atoms with Gasteiger partial charge in [0.25, 0.3) is 0 Å². The average molecular weight is 286 g/mol. The molecule has 1 aromatic rings. The zero-order valence-electron chi connectivity index (χ0n) is 10.5. The molecule has 0 radical (unpaired) electrons. The molecule has 1 unspecified atom stereocenters. The molecule has 2 rings (SSSR count). The smallest absolute Gasteiger partial charge is 0.354 e. The van der Waals surface area contributed by atoms with E-state index in [1.165, 1.54) is 6.92 Å². The maximum Gasteiger partial charge on any atom is 0.354 e. The van der Waals surface area contributed by atoms with Crippen LogP contribution in [-0.2, 0) is 14.3 Å². The molecule has 1 aromatic heterocycles. The molecule has 1 saturated heterocycles. The summed E-state index contributed by atoms with van der Waals surface area (Å²) in [7, 11) is 0. The zero-order valence-corrected chi connectivity index (χ0v) is 10.5. The fraction of sp³-hybridized carbons (Fsp3) is 0.600. The largest absolute Gasteiger partial charge is 0.463 e. The lowest BCUT2D eigenvalue weighted by Crippen LogP contribution is -2.36. The average Bonchev–Trinajstić information content (AvgIpc) is 2.64. The van der Waals surface area contributed by atoms with Crippen LogP contribution in [0.15, 0.2) is 11.1 Å². The Morgan fingerprint density at radius 1 is 1.55 bits per heavy atom. The summed E-state index contributed by atoms with van der Waals surface area (Å²) in [5.74, 6) is -0.762. The Hall–Kier alpha value is -2.04. The van der Waals surface area contributed by atoms with Crippen LogP contribution in [0.2, 0.25) is 0 Å². The van der Waals surface area contributed by atoms with Gasteiger partial charge in [0.2, 0.25) is 5.95 Å². The van der Waals surface area contributed by atoms with Gasteiger partial charge >= 0.3 is 11.7 Å². The number of hydrogen-bond acceptors (Lipinski definition) is 9. The summed E-state index contributed by atoms with van der Waals surface area (Å²) in [5.41, 5.74) is 4.47. The van der Waals surface area contributed by atoms with E-state index in [0.29, 0.717) is 0 Å². The number of aliphatic hydroxyl groups excluding tert-OH is 2. The number of nitrogen functional groups attached to an aromatic ring is 1. The number of nitrogens with two attached hydrogens (primary N) is 1. The van der Waals surface area contributed by atoms with Gasteiger partial charge in [0.05, 0.1) is 0 Å². The molecule has 4 N–H and O–H groups in total. The van der Waals surface area contributed by atoms with Crippen LogP contribution in [0.4, 0.5) is 5.95 Å². The lowest BCUT2D eigenvalue weighted by atomic mass is 10.1. The normalized spacial score (nSPS) is 29.4. The van der Waals surface area contributed by atoms with Gasteiger partial charge < -0.3 is 25.4 Å². The zero-order chi connectivity index (χ0) is 14.9. The number of carbonyl (C=O) groups excluding carboxylic acids is 1. The summed E-state index contributed by atoms with van der Waals surface area (Å²) >= 11 is 0. The van der Waals surface area contributed by atoms with E-state index in [0.717, 1.165) is 10.9 Å². The van der Waals surface area contributed by atoms with Gasteiger partial charge in [-0.1, -0.05) is 0 Å². The first-order chi connectivity index (χ1) is 9.40. The fourth-order valence-electron chi connectivity index (χ4n) is 1.83. The van der Waals surface area contributed by atoms with Crippen molar-refractivity contribution in [1.29, 1.82) is 0 Å². The van der Waals surface area contributed by atoms with Gasteiger partial charge in [0, 0.05) is 6.92 Å². The highest BCUT2D eigenvalue weighted by Crippen LogP contribution is 2.28. The van der Waals surface area contributed by atoms with Gasteiger partial charge in [-0.3, -0.25) is 9.36 Å². The van der Waals surface area contributed by atoms with Crippen molar-refractivity contribution in [1.82, 2.24) is 14.5 Å². The molecule has 20 heavy (non-hydrogen) atoms. The van der Waals surface area contributed by atoms with Crippen molar-refractivity contribution >= 4 is 11.9 Å².